The largest absolute Gasteiger partial charge is 0.318 e. The fourth-order valence-electron chi connectivity index (χ4n) is 1.94. The first-order valence-corrected chi connectivity index (χ1v) is 4.77. The summed E-state index contributed by atoms with van der Waals surface area (Å²) in [5.74, 6) is 0. The average Bonchev–Trinajstić information content (AvgIpc) is 2.06. The molecule has 1 atom stereocenters. The molecule has 0 spiro atoms. The van der Waals surface area contributed by atoms with Crippen LogP contribution < -0.4 is 5.32 Å². The van der Waals surface area contributed by atoms with Crippen molar-refractivity contribution >= 4 is 0 Å². The zero-order chi connectivity index (χ0) is 8.10. The third kappa shape index (κ3) is 2.46. The lowest BCUT2D eigenvalue weighted by Gasteiger charge is -2.34. The summed E-state index contributed by atoms with van der Waals surface area (Å²) < 4.78 is 0. The number of likely N-dealkylation sites (tertiary alicyclic amines) is 1. The Morgan fingerprint density at radius 2 is 2.27 bits per heavy atom. The molecular weight excluding hydrogens is 136 g/mol. The van der Waals surface area contributed by atoms with Gasteiger partial charge in [-0.1, -0.05) is 13.3 Å². The Kier molecular flexibility index (Phi) is 3.87. The molecule has 0 radical (unpaired) electrons. The Balaban J connectivity index is 2.31. The molecule has 0 unspecified atom stereocenters. The molecular formula is C9H20N2. The number of hydrogen-bond acceptors (Lipinski definition) is 2. The smallest absolute Gasteiger partial charge is 0.0220 e. The van der Waals surface area contributed by atoms with Gasteiger partial charge in [-0.2, -0.15) is 0 Å². The van der Waals surface area contributed by atoms with Crippen molar-refractivity contribution in [3.8, 4) is 0 Å². The lowest BCUT2D eigenvalue weighted by molar-refractivity contribution is 0.155. The molecule has 0 amide bonds. The molecule has 0 saturated carbocycles. The van der Waals surface area contributed by atoms with E-state index in [0.29, 0.717) is 0 Å². The Morgan fingerprint density at radius 1 is 1.45 bits per heavy atom. The Bertz CT molecular complexity index is 102. The highest BCUT2D eigenvalue weighted by atomic mass is 15.2. The predicted molar refractivity (Wildman–Crippen MR) is 48.8 cm³/mol. The monoisotopic (exact) mass is 156 g/mol. The van der Waals surface area contributed by atoms with Crippen molar-refractivity contribution in [2.24, 2.45) is 0 Å². The van der Waals surface area contributed by atoms with Crippen molar-refractivity contribution in [1.29, 1.82) is 0 Å². The molecule has 1 aliphatic rings. The Hall–Kier alpha value is -0.0800. The quantitative estimate of drug-likeness (QED) is 0.658. The van der Waals surface area contributed by atoms with Gasteiger partial charge in [0, 0.05) is 12.6 Å². The summed E-state index contributed by atoms with van der Waals surface area (Å²) in [5, 5.41) is 3.26. The number of hydrogen-bond donors (Lipinski definition) is 1. The third-order valence-corrected chi connectivity index (χ3v) is 2.60. The van der Waals surface area contributed by atoms with Crippen molar-refractivity contribution in [2.45, 2.75) is 32.2 Å². The summed E-state index contributed by atoms with van der Waals surface area (Å²) in [6.45, 7) is 5.94. The van der Waals surface area contributed by atoms with Crippen LogP contribution in [-0.2, 0) is 0 Å². The Morgan fingerprint density at radius 3 is 2.91 bits per heavy atom. The van der Waals surface area contributed by atoms with E-state index in [1.54, 1.807) is 0 Å². The fraction of sp³-hybridized carbons (Fsp3) is 1.00. The molecule has 66 valence electrons. The van der Waals surface area contributed by atoms with Gasteiger partial charge in [0.05, 0.1) is 0 Å². The number of likely N-dealkylation sites (N-methyl/N-ethyl adjacent to an activating group) is 2. The zero-order valence-corrected chi connectivity index (χ0v) is 7.77. The van der Waals surface area contributed by atoms with Crippen molar-refractivity contribution in [2.75, 3.05) is 26.7 Å². The molecule has 1 saturated heterocycles. The summed E-state index contributed by atoms with van der Waals surface area (Å²) in [6.07, 6.45) is 4.20. The first-order chi connectivity index (χ1) is 5.38. The van der Waals surface area contributed by atoms with E-state index in [2.05, 4.69) is 17.1 Å². The summed E-state index contributed by atoms with van der Waals surface area (Å²) >= 11 is 0. The van der Waals surface area contributed by atoms with Gasteiger partial charge in [-0.05, 0) is 33.0 Å². The molecule has 0 bridgehead atoms. The molecule has 1 rings (SSSR count). The lowest BCUT2D eigenvalue weighted by atomic mass is 10.0. The molecule has 1 aliphatic heterocycles. The minimum atomic E-state index is 0.804. The van der Waals surface area contributed by atoms with E-state index in [4.69, 9.17) is 0 Å². The summed E-state index contributed by atoms with van der Waals surface area (Å²) in [5.41, 5.74) is 0. The lowest BCUT2D eigenvalue weighted by Crippen LogP contribution is -2.44. The van der Waals surface area contributed by atoms with Crippen molar-refractivity contribution < 1.29 is 0 Å². The van der Waals surface area contributed by atoms with Crippen LogP contribution in [0.1, 0.15) is 26.2 Å². The van der Waals surface area contributed by atoms with Crippen LogP contribution in [-0.4, -0.2) is 37.6 Å². The van der Waals surface area contributed by atoms with Crippen molar-refractivity contribution in [1.82, 2.24) is 10.2 Å². The fourth-order valence-corrected chi connectivity index (χ4v) is 1.94. The van der Waals surface area contributed by atoms with Crippen LogP contribution in [0, 0.1) is 0 Å². The molecule has 0 aromatic carbocycles. The second kappa shape index (κ2) is 4.73. The summed E-state index contributed by atoms with van der Waals surface area (Å²) in [6, 6.07) is 0.804. The van der Waals surface area contributed by atoms with E-state index in [-0.39, 0.29) is 0 Å². The van der Waals surface area contributed by atoms with E-state index in [1.165, 1.54) is 32.4 Å². The molecule has 0 aromatic heterocycles. The third-order valence-electron chi connectivity index (χ3n) is 2.60. The highest BCUT2D eigenvalue weighted by Crippen LogP contribution is 2.15. The maximum Gasteiger partial charge on any atom is 0.0220 e. The van der Waals surface area contributed by atoms with Gasteiger partial charge >= 0.3 is 0 Å². The van der Waals surface area contributed by atoms with Crippen LogP contribution in [0.5, 0.6) is 0 Å². The SMILES string of the molecule is CCN1CCCC[C@@H]1CNC. The molecule has 0 aliphatic carbocycles. The molecule has 1 N–H and O–H groups in total. The van der Waals surface area contributed by atoms with E-state index in [9.17, 15) is 0 Å². The van der Waals surface area contributed by atoms with Crippen LogP contribution >= 0.6 is 0 Å². The highest BCUT2D eigenvalue weighted by molar-refractivity contribution is 4.76. The maximum absolute atomic E-state index is 3.26. The second-order valence-corrected chi connectivity index (χ2v) is 3.34. The highest BCUT2D eigenvalue weighted by Gasteiger charge is 2.19. The predicted octanol–water partition coefficient (Wildman–Crippen LogP) is 1.08. The van der Waals surface area contributed by atoms with Gasteiger partial charge in [0.25, 0.3) is 0 Å². The van der Waals surface area contributed by atoms with Gasteiger partial charge in [-0.25, -0.2) is 0 Å². The molecule has 0 aromatic rings. The minimum absolute atomic E-state index is 0.804. The van der Waals surface area contributed by atoms with Crippen LogP contribution in [0.15, 0.2) is 0 Å². The molecule has 1 fully saturated rings. The maximum atomic E-state index is 3.26. The molecule has 2 nitrogen and oxygen atoms in total. The number of piperidine rings is 1. The molecule has 1 heterocycles. The summed E-state index contributed by atoms with van der Waals surface area (Å²) in [4.78, 5) is 2.58. The van der Waals surface area contributed by atoms with Gasteiger partial charge in [-0.3, -0.25) is 4.90 Å². The standard InChI is InChI=1S/C9H20N2/c1-3-11-7-5-4-6-9(11)8-10-2/h9-10H,3-8H2,1-2H3/t9-/m1/s1. The number of rotatable bonds is 3. The minimum Gasteiger partial charge on any atom is -0.318 e. The van der Waals surface area contributed by atoms with Crippen LogP contribution in [0.25, 0.3) is 0 Å². The second-order valence-electron chi connectivity index (χ2n) is 3.34. The van der Waals surface area contributed by atoms with Gasteiger partial charge < -0.3 is 5.32 Å². The van der Waals surface area contributed by atoms with Gasteiger partial charge in [-0.15, -0.1) is 0 Å². The first-order valence-electron chi connectivity index (χ1n) is 4.77. The van der Waals surface area contributed by atoms with E-state index >= 15 is 0 Å². The van der Waals surface area contributed by atoms with E-state index in [0.717, 1.165) is 12.6 Å². The van der Waals surface area contributed by atoms with Crippen LogP contribution in [0.2, 0.25) is 0 Å². The van der Waals surface area contributed by atoms with Gasteiger partial charge in [0.15, 0.2) is 0 Å². The van der Waals surface area contributed by atoms with Gasteiger partial charge in [0.2, 0.25) is 0 Å². The van der Waals surface area contributed by atoms with Crippen molar-refractivity contribution in [3.63, 3.8) is 0 Å². The first kappa shape index (κ1) is 9.01. The molecule has 2 heteroatoms. The number of nitrogens with one attached hydrogen (secondary N) is 1. The summed E-state index contributed by atoms with van der Waals surface area (Å²) in [7, 11) is 2.04. The van der Waals surface area contributed by atoms with E-state index in [1.807, 2.05) is 7.05 Å². The van der Waals surface area contributed by atoms with Gasteiger partial charge in [0.1, 0.15) is 0 Å². The normalized spacial score (nSPS) is 27.3. The Labute approximate surface area is 70.0 Å². The topological polar surface area (TPSA) is 15.3 Å². The number of nitrogens with zero attached hydrogens (tertiary/aromatic N) is 1. The molecule has 11 heavy (non-hydrogen) atoms. The van der Waals surface area contributed by atoms with Crippen LogP contribution in [0.3, 0.4) is 0 Å². The zero-order valence-electron chi connectivity index (χ0n) is 7.77. The van der Waals surface area contributed by atoms with Crippen molar-refractivity contribution in [3.05, 3.63) is 0 Å². The average molecular weight is 156 g/mol. The van der Waals surface area contributed by atoms with E-state index < -0.39 is 0 Å². The van der Waals surface area contributed by atoms with Crippen LogP contribution in [0.4, 0.5) is 0 Å².